The number of nitrogen functional groups attached to an aromatic ring is 1. The maximum atomic E-state index is 5.52. The van der Waals surface area contributed by atoms with Crippen molar-refractivity contribution < 1.29 is 0 Å². The summed E-state index contributed by atoms with van der Waals surface area (Å²) >= 11 is 2.01. The quantitative estimate of drug-likeness (QED) is 0.781. The molecular formula is C10H16N4S. The van der Waals surface area contributed by atoms with E-state index in [1.165, 1.54) is 0 Å². The lowest BCUT2D eigenvalue weighted by Crippen LogP contribution is -2.45. The lowest BCUT2D eigenvalue weighted by atomic mass is 10.2. The van der Waals surface area contributed by atoms with E-state index in [2.05, 4.69) is 28.7 Å². The number of hydrogen-bond acceptors (Lipinski definition) is 5. The Morgan fingerprint density at radius 3 is 2.87 bits per heavy atom. The third-order valence-electron chi connectivity index (χ3n) is 2.84. The summed E-state index contributed by atoms with van der Waals surface area (Å²) in [5.74, 6) is 2.56. The lowest BCUT2D eigenvalue weighted by molar-refractivity contribution is 0.619. The first-order valence-corrected chi connectivity index (χ1v) is 6.19. The molecule has 1 saturated heterocycles. The Kier molecular flexibility index (Phi) is 3.00. The molecular weight excluding hydrogens is 208 g/mol. The summed E-state index contributed by atoms with van der Waals surface area (Å²) in [6.07, 6.45) is 3.38. The van der Waals surface area contributed by atoms with Crippen LogP contribution in [-0.4, -0.2) is 33.6 Å². The number of nitrogens with zero attached hydrogens (tertiary/aromatic N) is 3. The van der Waals surface area contributed by atoms with E-state index in [9.17, 15) is 0 Å². The molecule has 2 unspecified atom stereocenters. The molecule has 5 heteroatoms. The average Bonchev–Trinajstić information content (AvgIpc) is 2.24. The van der Waals surface area contributed by atoms with Gasteiger partial charge in [0, 0.05) is 23.6 Å². The average molecular weight is 224 g/mol. The fourth-order valence-electron chi connectivity index (χ4n) is 1.74. The van der Waals surface area contributed by atoms with Crippen LogP contribution in [0.25, 0.3) is 0 Å². The molecule has 1 aliphatic rings. The highest BCUT2D eigenvalue weighted by atomic mass is 32.2. The van der Waals surface area contributed by atoms with E-state index in [0.29, 0.717) is 17.1 Å². The summed E-state index contributed by atoms with van der Waals surface area (Å²) in [5.41, 5.74) is 5.52. The molecule has 2 atom stereocenters. The standard InChI is InChI=1S/C10H16N4S/c1-7-8(2)15-4-3-14(7)10-6-12-9(11)5-13-10/h5-8H,3-4H2,1-2H3,(H2,11,12). The predicted octanol–water partition coefficient (Wildman–Crippen LogP) is 1.39. The summed E-state index contributed by atoms with van der Waals surface area (Å²) in [4.78, 5) is 10.7. The molecule has 4 nitrogen and oxygen atoms in total. The van der Waals surface area contributed by atoms with Crippen LogP contribution in [0.3, 0.4) is 0 Å². The molecule has 15 heavy (non-hydrogen) atoms. The topological polar surface area (TPSA) is 55.0 Å². The van der Waals surface area contributed by atoms with Crippen molar-refractivity contribution in [3.63, 3.8) is 0 Å². The van der Waals surface area contributed by atoms with E-state index in [0.717, 1.165) is 18.1 Å². The van der Waals surface area contributed by atoms with Crippen molar-refractivity contribution in [1.29, 1.82) is 0 Å². The van der Waals surface area contributed by atoms with Crippen molar-refractivity contribution in [2.24, 2.45) is 0 Å². The molecule has 0 spiro atoms. The predicted molar refractivity (Wildman–Crippen MR) is 65.2 cm³/mol. The van der Waals surface area contributed by atoms with Gasteiger partial charge >= 0.3 is 0 Å². The minimum Gasteiger partial charge on any atom is -0.382 e. The van der Waals surface area contributed by atoms with Crippen LogP contribution in [0.15, 0.2) is 12.4 Å². The smallest absolute Gasteiger partial charge is 0.147 e. The molecule has 2 rings (SSSR count). The second-order valence-corrected chi connectivity index (χ2v) is 5.29. The number of aromatic nitrogens is 2. The summed E-state index contributed by atoms with van der Waals surface area (Å²) in [6.45, 7) is 5.52. The third kappa shape index (κ3) is 2.17. The number of hydrogen-bond donors (Lipinski definition) is 1. The number of thioether (sulfide) groups is 1. The maximum absolute atomic E-state index is 5.52. The van der Waals surface area contributed by atoms with Gasteiger partial charge in [-0.1, -0.05) is 6.92 Å². The van der Waals surface area contributed by atoms with Gasteiger partial charge < -0.3 is 10.6 Å². The van der Waals surface area contributed by atoms with Crippen LogP contribution in [-0.2, 0) is 0 Å². The molecule has 2 N–H and O–H groups in total. The van der Waals surface area contributed by atoms with Crippen LogP contribution in [0.4, 0.5) is 11.6 Å². The molecule has 0 aliphatic carbocycles. The molecule has 2 heterocycles. The molecule has 1 aliphatic heterocycles. The first kappa shape index (κ1) is 10.5. The van der Waals surface area contributed by atoms with Crippen molar-refractivity contribution in [1.82, 2.24) is 9.97 Å². The highest BCUT2D eigenvalue weighted by Crippen LogP contribution is 2.27. The zero-order valence-electron chi connectivity index (χ0n) is 9.05. The third-order valence-corrected chi connectivity index (χ3v) is 4.17. The van der Waals surface area contributed by atoms with Crippen LogP contribution in [0.1, 0.15) is 13.8 Å². The SMILES string of the molecule is CC1SCCN(c2cnc(N)cn2)C1C. The zero-order valence-corrected chi connectivity index (χ0v) is 9.87. The van der Waals surface area contributed by atoms with E-state index in [1.807, 2.05) is 11.8 Å². The number of nitrogens with two attached hydrogens (primary N) is 1. The van der Waals surface area contributed by atoms with E-state index < -0.39 is 0 Å². The molecule has 0 bridgehead atoms. The molecule has 1 fully saturated rings. The maximum Gasteiger partial charge on any atom is 0.147 e. The van der Waals surface area contributed by atoms with Crippen LogP contribution >= 0.6 is 11.8 Å². The first-order chi connectivity index (χ1) is 7.18. The monoisotopic (exact) mass is 224 g/mol. The van der Waals surface area contributed by atoms with Gasteiger partial charge in [0.05, 0.1) is 12.4 Å². The van der Waals surface area contributed by atoms with Gasteiger partial charge in [-0.05, 0) is 6.92 Å². The van der Waals surface area contributed by atoms with Gasteiger partial charge in [-0.25, -0.2) is 9.97 Å². The van der Waals surface area contributed by atoms with Gasteiger partial charge in [-0.2, -0.15) is 11.8 Å². The highest BCUT2D eigenvalue weighted by molar-refractivity contribution is 8.00. The molecule has 1 aromatic heterocycles. The van der Waals surface area contributed by atoms with E-state index in [1.54, 1.807) is 12.4 Å². The Balaban J connectivity index is 2.18. The second-order valence-electron chi connectivity index (χ2n) is 3.81. The van der Waals surface area contributed by atoms with Crippen molar-refractivity contribution >= 4 is 23.4 Å². The fourth-order valence-corrected chi connectivity index (χ4v) is 2.84. The van der Waals surface area contributed by atoms with Crippen molar-refractivity contribution in [3.05, 3.63) is 12.4 Å². The Hall–Kier alpha value is -0.970. The largest absolute Gasteiger partial charge is 0.382 e. The van der Waals surface area contributed by atoms with Gasteiger partial charge in [0.15, 0.2) is 0 Å². The lowest BCUT2D eigenvalue weighted by Gasteiger charge is -2.38. The van der Waals surface area contributed by atoms with Crippen molar-refractivity contribution in [2.45, 2.75) is 25.1 Å². The Morgan fingerprint density at radius 1 is 1.40 bits per heavy atom. The van der Waals surface area contributed by atoms with E-state index in [4.69, 9.17) is 5.73 Å². The van der Waals surface area contributed by atoms with E-state index in [-0.39, 0.29) is 0 Å². The minimum absolute atomic E-state index is 0.478. The van der Waals surface area contributed by atoms with Crippen LogP contribution in [0, 0.1) is 0 Å². The molecule has 82 valence electrons. The summed E-state index contributed by atoms with van der Waals surface area (Å²) in [6, 6.07) is 0.502. The Bertz CT molecular complexity index is 327. The summed E-state index contributed by atoms with van der Waals surface area (Å²) in [5, 5.41) is 0.637. The normalized spacial score (nSPS) is 26.7. The molecule has 0 radical (unpaired) electrons. The van der Waals surface area contributed by atoms with Gasteiger partial charge in [-0.3, -0.25) is 0 Å². The van der Waals surface area contributed by atoms with Gasteiger partial charge in [-0.15, -0.1) is 0 Å². The molecule has 0 aromatic carbocycles. The number of rotatable bonds is 1. The van der Waals surface area contributed by atoms with Gasteiger partial charge in [0.2, 0.25) is 0 Å². The van der Waals surface area contributed by atoms with Crippen LogP contribution in [0.5, 0.6) is 0 Å². The fraction of sp³-hybridized carbons (Fsp3) is 0.600. The van der Waals surface area contributed by atoms with Gasteiger partial charge in [0.25, 0.3) is 0 Å². The molecule has 1 aromatic rings. The van der Waals surface area contributed by atoms with Crippen molar-refractivity contribution in [2.75, 3.05) is 22.9 Å². The minimum atomic E-state index is 0.478. The molecule has 0 amide bonds. The highest BCUT2D eigenvalue weighted by Gasteiger charge is 2.26. The second kappa shape index (κ2) is 4.26. The van der Waals surface area contributed by atoms with Crippen LogP contribution in [0.2, 0.25) is 0 Å². The first-order valence-electron chi connectivity index (χ1n) is 5.14. The molecule has 0 saturated carbocycles. The number of anilines is 2. The summed E-state index contributed by atoms with van der Waals surface area (Å²) in [7, 11) is 0. The van der Waals surface area contributed by atoms with E-state index >= 15 is 0 Å². The zero-order chi connectivity index (χ0) is 10.8. The Morgan fingerprint density at radius 2 is 2.20 bits per heavy atom. The Labute approximate surface area is 94.3 Å². The van der Waals surface area contributed by atoms with Gasteiger partial charge in [0.1, 0.15) is 11.6 Å². The van der Waals surface area contributed by atoms with Crippen molar-refractivity contribution in [3.8, 4) is 0 Å². The summed E-state index contributed by atoms with van der Waals surface area (Å²) < 4.78 is 0. The van der Waals surface area contributed by atoms with Crippen LogP contribution < -0.4 is 10.6 Å².